The van der Waals surface area contributed by atoms with E-state index < -0.39 is 4.92 Å². The number of anilines is 1. The maximum atomic E-state index is 11.0. The molecular formula is C13H17BrN2O3. The lowest BCUT2D eigenvalue weighted by Gasteiger charge is -2.36. The summed E-state index contributed by atoms with van der Waals surface area (Å²) in [4.78, 5) is 12.8. The molecule has 1 aliphatic heterocycles. The zero-order valence-corrected chi connectivity index (χ0v) is 12.6. The standard InChI is InChI=1S/C13H17BrN2O3/c1-9-5-3-4-6-15(9)11-8-13(19-2)12(16(17)18)7-10(11)14/h7-9H,3-6H2,1-2H3. The van der Waals surface area contributed by atoms with Crippen molar-refractivity contribution in [3.05, 3.63) is 26.7 Å². The molecule has 1 heterocycles. The Labute approximate surface area is 120 Å². The van der Waals surface area contributed by atoms with Crippen molar-refractivity contribution in [3.8, 4) is 5.75 Å². The number of nitrogens with zero attached hydrogens (tertiary/aromatic N) is 2. The first-order valence-electron chi connectivity index (χ1n) is 6.33. The molecule has 1 aromatic carbocycles. The Kier molecular flexibility index (Phi) is 4.29. The van der Waals surface area contributed by atoms with E-state index >= 15 is 0 Å². The van der Waals surface area contributed by atoms with Crippen LogP contribution in [0.3, 0.4) is 0 Å². The van der Waals surface area contributed by atoms with Gasteiger partial charge in [-0.15, -0.1) is 0 Å². The summed E-state index contributed by atoms with van der Waals surface area (Å²) in [6.07, 6.45) is 3.53. The molecule has 0 aliphatic carbocycles. The quantitative estimate of drug-likeness (QED) is 0.626. The highest BCUT2D eigenvalue weighted by atomic mass is 79.9. The number of rotatable bonds is 3. The molecule has 0 amide bonds. The highest BCUT2D eigenvalue weighted by Crippen LogP contribution is 2.39. The Morgan fingerprint density at radius 3 is 2.79 bits per heavy atom. The van der Waals surface area contributed by atoms with Crippen LogP contribution in [0.25, 0.3) is 0 Å². The van der Waals surface area contributed by atoms with Crippen molar-refractivity contribution in [1.29, 1.82) is 0 Å². The molecule has 0 aromatic heterocycles. The summed E-state index contributed by atoms with van der Waals surface area (Å²) in [5.74, 6) is 0.306. The van der Waals surface area contributed by atoms with Crippen LogP contribution in [0.4, 0.5) is 11.4 Å². The lowest BCUT2D eigenvalue weighted by atomic mass is 10.0. The minimum absolute atomic E-state index is 0.0113. The Morgan fingerprint density at radius 1 is 1.47 bits per heavy atom. The maximum Gasteiger partial charge on any atom is 0.312 e. The van der Waals surface area contributed by atoms with Crippen molar-refractivity contribution in [2.75, 3.05) is 18.6 Å². The average Bonchev–Trinajstić information content (AvgIpc) is 2.39. The molecule has 2 rings (SSSR count). The fourth-order valence-corrected chi connectivity index (χ4v) is 3.07. The highest BCUT2D eigenvalue weighted by Gasteiger charge is 2.24. The minimum atomic E-state index is -0.424. The summed E-state index contributed by atoms with van der Waals surface area (Å²) in [7, 11) is 1.46. The Bertz CT molecular complexity index is 493. The molecule has 104 valence electrons. The van der Waals surface area contributed by atoms with Crippen molar-refractivity contribution >= 4 is 27.3 Å². The summed E-state index contributed by atoms with van der Waals surface area (Å²) in [5, 5.41) is 11.0. The van der Waals surface area contributed by atoms with Gasteiger partial charge in [-0.25, -0.2) is 0 Å². The predicted molar refractivity (Wildman–Crippen MR) is 78.0 cm³/mol. The van der Waals surface area contributed by atoms with E-state index in [0.717, 1.165) is 29.5 Å². The molecule has 5 nitrogen and oxygen atoms in total. The molecule has 1 fully saturated rings. The number of nitro benzene ring substituents is 1. The second-order valence-corrected chi connectivity index (χ2v) is 5.63. The summed E-state index contributed by atoms with van der Waals surface area (Å²) < 4.78 is 5.88. The molecule has 1 aromatic rings. The van der Waals surface area contributed by atoms with Crippen LogP contribution in [-0.2, 0) is 0 Å². The fourth-order valence-electron chi connectivity index (χ4n) is 2.51. The Morgan fingerprint density at radius 2 is 2.21 bits per heavy atom. The minimum Gasteiger partial charge on any atom is -0.490 e. The topological polar surface area (TPSA) is 55.6 Å². The fraction of sp³-hybridized carbons (Fsp3) is 0.538. The molecule has 1 aliphatic rings. The molecule has 0 N–H and O–H groups in total. The van der Waals surface area contributed by atoms with Crippen LogP contribution < -0.4 is 9.64 Å². The van der Waals surface area contributed by atoms with E-state index in [1.165, 1.54) is 19.6 Å². The first-order chi connectivity index (χ1) is 9.04. The molecular weight excluding hydrogens is 312 g/mol. The van der Waals surface area contributed by atoms with Crippen molar-refractivity contribution < 1.29 is 9.66 Å². The van der Waals surface area contributed by atoms with Crippen molar-refractivity contribution in [2.45, 2.75) is 32.2 Å². The normalized spacial score (nSPS) is 19.3. The van der Waals surface area contributed by atoms with Gasteiger partial charge in [0.2, 0.25) is 0 Å². The molecule has 1 saturated heterocycles. The van der Waals surface area contributed by atoms with Gasteiger partial charge in [0.25, 0.3) is 0 Å². The molecule has 0 bridgehead atoms. The number of hydrogen-bond acceptors (Lipinski definition) is 4. The van der Waals surface area contributed by atoms with Gasteiger partial charge in [0, 0.05) is 29.2 Å². The van der Waals surface area contributed by atoms with Crippen LogP contribution in [0.1, 0.15) is 26.2 Å². The van der Waals surface area contributed by atoms with Gasteiger partial charge in [0.05, 0.1) is 17.7 Å². The van der Waals surface area contributed by atoms with Crippen LogP contribution in [0, 0.1) is 10.1 Å². The number of halogens is 1. The van der Waals surface area contributed by atoms with E-state index in [9.17, 15) is 10.1 Å². The molecule has 6 heteroatoms. The van der Waals surface area contributed by atoms with Crippen LogP contribution in [0.15, 0.2) is 16.6 Å². The molecule has 0 spiro atoms. The number of ether oxygens (including phenoxy) is 1. The first-order valence-corrected chi connectivity index (χ1v) is 7.12. The summed E-state index contributed by atoms with van der Waals surface area (Å²) in [6, 6.07) is 3.72. The number of benzene rings is 1. The zero-order valence-electron chi connectivity index (χ0n) is 11.1. The molecule has 19 heavy (non-hydrogen) atoms. The molecule has 1 atom stereocenters. The first kappa shape index (κ1) is 14.1. The van der Waals surface area contributed by atoms with Crippen LogP contribution in [-0.4, -0.2) is 24.6 Å². The van der Waals surface area contributed by atoms with Gasteiger partial charge < -0.3 is 9.64 Å². The highest BCUT2D eigenvalue weighted by molar-refractivity contribution is 9.10. The molecule has 0 saturated carbocycles. The van der Waals surface area contributed by atoms with Crippen molar-refractivity contribution in [2.24, 2.45) is 0 Å². The van der Waals surface area contributed by atoms with Crippen LogP contribution >= 0.6 is 15.9 Å². The Balaban J connectivity index is 2.43. The summed E-state index contributed by atoms with van der Waals surface area (Å²) >= 11 is 3.44. The number of piperidine rings is 1. The second kappa shape index (κ2) is 5.77. The van der Waals surface area contributed by atoms with Gasteiger partial charge in [-0.05, 0) is 42.1 Å². The number of nitro groups is 1. The third-order valence-corrected chi connectivity index (χ3v) is 4.19. The van der Waals surface area contributed by atoms with Gasteiger partial charge in [0.15, 0.2) is 5.75 Å². The monoisotopic (exact) mass is 328 g/mol. The lowest BCUT2D eigenvalue weighted by Crippen LogP contribution is -2.37. The van der Waals surface area contributed by atoms with Crippen LogP contribution in [0.5, 0.6) is 5.75 Å². The molecule has 1 unspecified atom stereocenters. The molecule has 0 radical (unpaired) electrons. The van der Waals surface area contributed by atoms with Gasteiger partial charge in [-0.3, -0.25) is 10.1 Å². The van der Waals surface area contributed by atoms with Gasteiger partial charge in [0.1, 0.15) is 0 Å². The Hall–Kier alpha value is -1.30. The second-order valence-electron chi connectivity index (χ2n) is 4.77. The van der Waals surface area contributed by atoms with Crippen molar-refractivity contribution in [1.82, 2.24) is 0 Å². The number of hydrogen-bond donors (Lipinski definition) is 0. The maximum absolute atomic E-state index is 11.0. The largest absolute Gasteiger partial charge is 0.490 e. The van der Waals surface area contributed by atoms with Gasteiger partial charge in [-0.2, -0.15) is 0 Å². The van der Waals surface area contributed by atoms with Crippen LogP contribution in [0.2, 0.25) is 0 Å². The van der Waals surface area contributed by atoms with E-state index in [1.807, 2.05) is 0 Å². The third kappa shape index (κ3) is 2.83. The summed E-state index contributed by atoms with van der Waals surface area (Å²) in [6.45, 7) is 3.15. The van der Waals surface area contributed by atoms with E-state index in [-0.39, 0.29) is 5.69 Å². The van der Waals surface area contributed by atoms with Gasteiger partial charge >= 0.3 is 5.69 Å². The van der Waals surface area contributed by atoms with E-state index in [0.29, 0.717) is 11.8 Å². The predicted octanol–water partition coefficient (Wildman–Crippen LogP) is 3.74. The average molecular weight is 329 g/mol. The summed E-state index contributed by atoms with van der Waals surface area (Å²) in [5.41, 5.74) is 0.956. The zero-order chi connectivity index (χ0) is 14.0. The lowest BCUT2D eigenvalue weighted by molar-refractivity contribution is -0.385. The van der Waals surface area contributed by atoms with Crippen molar-refractivity contribution in [3.63, 3.8) is 0 Å². The smallest absolute Gasteiger partial charge is 0.312 e. The number of methoxy groups -OCH3 is 1. The van der Waals surface area contributed by atoms with E-state index in [1.54, 1.807) is 6.07 Å². The van der Waals surface area contributed by atoms with Gasteiger partial charge in [-0.1, -0.05) is 0 Å². The van der Waals surface area contributed by atoms with E-state index in [4.69, 9.17) is 4.74 Å². The SMILES string of the molecule is COc1cc(N2CCCCC2C)c(Br)cc1[N+](=O)[O-]. The third-order valence-electron chi connectivity index (χ3n) is 3.56. The van der Waals surface area contributed by atoms with E-state index in [2.05, 4.69) is 27.8 Å².